The zero-order valence-corrected chi connectivity index (χ0v) is 23.9. The minimum atomic E-state index is -0.717. The van der Waals surface area contributed by atoms with Gasteiger partial charge in [0.15, 0.2) is 4.80 Å². The van der Waals surface area contributed by atoms with E-state index in [0.717, 1.165) is 22.3 Å². The maximum Gasteiger partial charge on any atom is 0.338 e. The number of carbonyl (C=O) groups excluding carboxylic acids is 1. The maximum absolute atomic E-state index is 14.0. The van der Waals surface area contributed by atoms with Crippen LogP contribution < -0.4 is 14.9 Å². The number of fused-ring (bicyclic) bond motifs is 1. The molecule has 0 saturated heterocycles. The molecular weight excluding hydrogens is 556 g/mol. The minimum absolute atomic E-state index is 0.198. The summed E-state index contributed by atoms with van der Waals surface area (Å²) in [5.41, 5.74) is 3.99. The third kappa shape index (κ3) is 5.10. The quantitative estimate of drug-likeness (QED) is 0.226. The Morgan fingerprint density at radius 3 is 2.51 bits per heavy atom. The van der Waals surface area contributed by atoms with Gasteiger partial charge in [-0.2, -0.15) is 0 Å². The van der Waals surface area contributed by atoms with E-state index in [-0.39, 0.29) is 12.2 Å². The van der Waals surface area contributed by atoms with Gasteiger partial charge in [-0.3, -0.25) is 9.36 Å². The molecular formula is C33H25ClN2O4S. The molecule has 0 fully saturated rings. The zero-order valence-electron chi connectivity index (χ0n) is 22.3. The summed E-state index contributed by atoms with van der Waals surface area (Å²) in [6, 6.07) is 27.6. The Morgan fingerprint density at radius 2 is 1.78 bits per heavy atom. The van der Waals surface area contributed by atoms with Gasteiger partial charge in [-0.15, -0.1) is 0 Å². The third-order valence-corrected chi connectivity index (χ3v) is 8.07. The van der Waals surface area contributed by atoms with Gasteiger partial charge in [-0.1, -0.05) is 89.7 Å². The first kappa shape index (κ1) is 26.7. The van der Waals surface area contributed by atoms with Crippen LogP contribution in [0.4, 0.5) is 0 Å². The summed E-state index contributed by atoms with van der Waals surface area (Å²) < 4.78 is 13.6. The van der Waals surface area contributed by atoms with Gasteiger partial charge in [-0.05, 0) is 49.2 Å². The molecule has 5 aromatic rings. The van der Waals surface area contributed by atoms with Crippen molar-refractivity contribution in [2.24, 2.45) is 4.99 Å². The predicted molar refractivity (Wildman–Crippen MR) is 161 cm³/mol. The highest BCUT2D eigenvalue weighted by Gasteiger charge is 2.35. The Morgan fingerprint density at radius 1 is 1.05 bits per heavy atom. The van der Waals surface area contributed by atoms with Gasteiger partial charge in [0, 0.05) is 22.2 Å². The van der Waals surface area contributed by atoms with Crippen molar-refractivity contribution in [2.45, 2.75) is 19.9 Å². The number of aryl methyl sites for hydroxylation is 1. The van der Waals surface area contributed by atoms with Gasteiger partial charge in [0.05, 0.1) is 28.5 Å². The predicted octanol–water partition coefficient (Wildman–Crippen LogP) is 6.16. The van der Waals surface area contributed by atoms with E-state index in [2.05, 4.69) is 0 Å². The van der Waals surface area contributed by atoms with E-state index in [1.807, 2.05) is 97.9 Å². The number of hydrogen-bond donors (Lipinski definition) is 0. The van der Waals surface area contributed by atoms with E-state index >= 15 is 0 Å². The number of furan rings is 1. The average molecular weight is 581 g/mol. The molecule has 1 atom stereocenters. The molecule has 0 unspecified atom stereocenters. The molecule has 0 aliphatic carbocycles. The number of rotatable bonds is 6. The Bertz CT molecular complexity index is 1970. The molecule has 8 heteroatoms. The molecule has 0 spiro atoms. The fraction of sp³-hybridized carbons (Fsp3) is 0.121. The van der Waals surface area contributed by atoms with E-state index in [1.165, 1.54) is 11.3 Å². The summed E-state index contributed by atoms with van der Waals surface area (Å²) >= 11 is 7.47. The number of hydrogen-bond acceptors (Lipinski definition) is 6. The topological polar surface area (TPSA) is 73.8 Å². The van der Waals surface area contributed by atoms with Crippen LogP contribution in [0.15, 0.2) is 111 Å². The summed E-state index contributed by atoms with van der Waals surface area (Å²) in [6.45, 7) is 3.94. The molecule has 0 radical (unpaired) electrons. The second-order valence-electron chi connectivity index (χ2n) is 9.50. The largest absolute Gasteiger partial charge is 0.463 e. The number of benzene rings is 3. The Balaban J connectivity index is 1.55. The highest BCUT2D eigenvalue weighted by molar-refractivity contribution is 7.07. The number of esters is 1. The maximum atomic E-state index is 14.0. The molecule has 6 rings (SSSR count). The second kappa shape index (κ2) is 11.2. The first-order valence-corrected chi connectivity index (χ1v) is 14.3. The molecule has 1 aliphatic heterocycles. The van der Waals surface area contributed by atoms with Crippen LogP contribution in [-0.4, -0.2) is 17.1 Å². The summed E-state index contributed by atoms with van der Waals surface area (Å²) in [5, 5.41) is 0.615. The standard InChI is InChI=1S/C33H25ClN2O4S/c1-3-39-32(38)28-29(21-10-6-4-7-11-21)35-33-36(30(28)22-12-8-5-9-13-22)31(37)27(41-33)19-24-16-17-26(40-24)25-18-23(34)15-14-20(25)2/h4-19,30H,3H2,1-2H3/b27-19-/t30-/m0/s1. The number of halogens is 1. The SMILES string of the molecule is CCOC(=O)C1=C(c2ccccc2)N=c2s/c(=C\c3ccc(-c4cc(Cl)ccc4C)o3)c(=O)n2[C@H]1c1ccccc1. The molecule has 0 saturated carbocycles. The molecule has 204 valence electrons. The van der Waals surface area contributed by atoms with Crippen LogP contribution in [0.3, 0.4) is 0 Å². The number of thiazole rings is 1. The van der Waals surface area contributed by atoms with Crippen molar-refractivity contribution in [1.82, 2.24) is 4.57 Å². The lowest BCUT2D eigenvalue weighted by molar-refractivity contribution is -0.138. The van der Waals surface area contributed by atoms with Crippen LogP contribution in [0.25, 0.3) is 23.1 Å². The van der Waals surface area contributed by atoms with Crippen LogP contribution in [0.5, 0.6) is 0 Å². The molecule has 41 heavy (non-hydrogen) atoms. The van der Waals surface area contributed by atoms with E-state index in [0.29, 0.717) is 37.1 Å². The van der Waals surface area contributed by atoms with Crippen molar-refractivity contribution >= 4 is 40.7 Å². The molecule has 3 aromatic carbocycles. The van der Waals surface area contributed by atoms with Gasteiger partial charge >= 0.3 is 5.97 Å². The van der Waals surface area contributed by atoms with Crippen LogP contribution in [-0.2, 0) is 9.53 Å². The lowest BCUT2D eigenvalue weighted by Gasteiger charge is -2.25. The number of aromatic nitrogens is 1. The van der Waals surface area contributed by atoms with E-state index in [4.69, 9.17) is 25.7 Å². The third-order valence-electron chi connectivity index (χ3n) is 6.85. The Kier molecular flexibility index (Phi) is 7.30. The molecule has 2 aromatic heterocycles. The fourth-order valence-corrected chi connectivity index (χ4v) is 6.11. The summed E-state index contributed by atoms with van der Waals surface area (Å²) in [7, 11) is 0. The first-order valence-electron chi connectivity index (χ1n) is 13.1. The normalized spacial score (nSPS) is 15.0. The highest BCUT2D eigenvalue weighted by Crippen LogP contribution is 2.35. The average Bonchev–Trinajstić information content (AvgIpc) is 3.58. The van der Waals surface area contributed by atoms with Gasteiger partial charge in [0.25, 0.3) is 5.56 Å². The second-order valence-corrected chi connectivity index (χ2v) is 10.9. The molecule has 0 bridgehead atoms. The van der Waals surface area contributed by atoms with E-state index in [1.54, 1.807) is 17.6 Å². The number of nitrogens with zero attached hydrogens (tertiary/aromatic N) is 2. The van der Waals surface area contributed by atoms with Crippen molar-refractivity contribution in [3.05, 3.63) is 144 Å². The highest BCUT2D eigenvalue weighted by atomic mass is 35.5. The van der Waals surface area contributed by atoms with Crippen LogP contribution in [0.2, 0.25) is 5.02 Å². The van der Waals surface area contributed by atoms with Crippen LogP contribution in [0.1, 0.15) is 35.4 Å². The van der Waals surface area contributed by atoms with Crippen LogP contribution >= 0.6 is 22.9 Å². The van der Waals surface area contributed by atoms with Crippen molar-refractivity contribution in [3.63, 3.8) is 0 Å². The monoisotopic (exact) mass is 580 g/mol. The molecule has 1 aliphatic rings. The summed E-state index contributed by atoms with van der Waals surface area (Å²) in [5.74, 6) is 0.668. The Hall–Kier alpha value is -4.46. The van der Waals surface area contributed by atoms with Gasteiger partial charge in [0.1, 0.15) is 11.5 Å². The fourth-order valence-electron chi connectivity index (χ4n) is 4.96. The van der Waals surface area contributed by atoms with E-state index in [9.17, 15) is 9.59 Å². The minimum Gasteiger partial charge on any atom is -0.463 e. The summed E-state index contributed by atoms with van der Waals surface area (Å²) in [4.78, 5) is 32.8. The Labute approximate surface area is 245 Å². The molecule has 3 heterocycles. The van der Waals surface area contributed by atoms with Gasteiger partial charge in [-0.25, -0.2) is 9.79 Å². The molecule has 6 nitrogen and oxygen atoms in total. The first-order chi connectivity index (χ1) is 19.9. The molecule has 0 N–H and O–H groups in total. The lowest BCUT2D eigenvalue weighted by Crippen LogP contribution is -2.39. The number of carbonyl (C=O) groups is 1. The smallest absolute Gasteiger partial charge is 0.338 e. The lowest BCUT2D eigenvalue weighted by atomic mass is 9.93. The van der Waals surface area contributed by atoms with Crippen molar-refractivity contribution in [2.75, 3.05) is 6.61 Å². The molecule has 0 amide bonds. The van der Waals surface area contributed by atoms with Crippen molar-refractivity contribution in [1.29, 1.82) is 0 Å². The van der Waals surface area contributed by atoms with Crippen molar-refractivity contribution < 1.29 is 13.9 Å². The van der Waals surface area contributed by atoms with Crippen LogP contribution in [0, 0.1) is 6.92 Å². The van der Waals surface area contributed by atoms with E-state index < -0.39 is 12.0 Å². The summed E-state index contributed by atoms with van der Waals surface area (Å²) in [6.07, 6.45) is 1.71. The van der Waals surface area contributed by atoms with Gasteiger partial charge in [0.2, 0.25) is 0 Å². The van der Waals surface area contributed by atoms with Crippen molar-refractivity contribution in [3.8, 4) is 11.3 Å². The van der Waals surface area contributed by atoms with Gasteiger partial charge < -0.3 is 9.15 Å². The number of ether oxygens (including phenoxy) is 1. The zero-order chi connectivity index (χ0) is 28.5.